The smallest absolute Gasteiger partial charge is 0.258 e. The summed E-state index contributed by atoms with van der Waals surface area (Å²) in [6.07, 6.45) is 0. The van der Waals surface area contributed by atoms with Gasteiger partial charge in [-0.15, -0.1) is 22.7 Å². The van der Waals surface area contributed by atoms with E-state index in [2.05, 4.69) is 189 Å². The number of thiophene rings is 2. The quantitative estimate of drug-likeness (QED) is 0.0917. The van der Waals surface area contributed by atoms with E-state index in [1.54, 1.807) is 0 Å². The molecule has 5 rings (SSSR count). The van der Waals surface area contributed by atoms with Crippen LogP contribution in [-0.4, -0.2) is 16.6 Å². The van der Waals surface area contributed by atoms with Gasteiger partial charge in [-0.2, -0.15) is 0 Å². The Labute approximate surface area is 327 Å². The summed E-state index contributed by atoms with van der Waals surface area (Å²) in [5, 5.41) is 2.69. The molecule has 2 nitrogen and oxygen atoms in total. The number of hydrogen-bond donors (Lipinski definition) is 0. The van der Waals surface area contributed by atoms with E-state index in [4.69, 9.17) is 8.85 Å². The first-order valence-electron chi connectivity index (χ1n) is 17.5. The van der Waals surface area contributed by atoms with Gasteiger partial charge in [-0.25, -0.2) is 0 Å². The highest BCUT2D eigenvalue weighted by atomic mass is 127. The van der Waals surface area contributed by atoms with Crippen molar-refractivity contribution < 1.29 is 8.85 Å². The van der Waals surface area contributed by atoms with E-state index in [0.29, 0.717) is 33.2 Å². The average Bonchev–Trinajstić information content (AvgIpc) is 3.52. The molecule has 258 valence electrons. The molecule has 0 spiro atoms. The van der Waals surface area contributed by atoms with Gasteiger partial charge in [0, 0.05) is 37.1 Å². The number of halogens is 2. The fourth-order valence-electron chi connectivity index (χ4n) is 8.46. The van der Waals surface area contributed by atoms with Crippen molar-refractivity contribution in [3.8, 4) is 32.4 Å². The van der Waals surface area contributed by atoms with Crippen molar-refractivity contribution in [3.63, 3.8) is 0 Å². The van der Waals surface area contributed by atoms with Crippen molar-refractivity contribution in [1.82, 2.24) is 0 Å². The highest BCUT2D eigenvalue weighted by Gasteiger charge is 2.48. The molecule has 2 aromatic heterocycles. The first-order chi connectivity index (χ1) is 22.5. The minimum absolute atomic E-state index is 0.553. The number of rotatable bonds is 12. The van der Waals surface area contributed by atoms with Crippen LogP contribution in [0.25, 0.3) is 41.1 Å². The Kier molecular flexibility index (Phi) is 11.9. The zero-order chi connectivity index (χ0) is 35.3. The third-order valence-corrected chi connectivity index (χ3v) is 28.0. The molecule has 0 fully saturated rings. The van der Waals surface area contributed by atoms with Crippen molar-refractivity contribution in [3.05, 3.63) is 67.8 Å². The minimum Gasteiger partial charge on any atom is -0.543 e. The fourth-order valence-corrected chi connectivity index (χ4v) is 23.7. The second-order valence-electron chi connectivity index (χ2n) is 15.2. The summed E-state index contributed by atoms with van der Waals surface area (Å²) in [4.78, 5) is 2.68. The molecule has 0 N–H and O–H groups in total. The summed E-state index contributed by atoms with van der Waals surface area (Å²) >= 11 is 8.92. The van der Waals surface area contributed by atoms with Crippen molar-refractivity contribution in [2.75, 3.05) is 0 Å². The van der Waals surface area contributed by atoms with Crippen LogP contribution in [0.1, 0.15) is 83.1 Å². The molecular weight excluding hydrogens is 887 g/mol. The molecule has 0 saturated heterocycles. The monoisotopic (exact) mass is 938 g/mol. The molecule has 0 bridgehead atoms. The molecule has 0 unspecified atom stereocenters. The first kappa shape index (κ1) is 38.3. The van der Waals surface area contributed by atoms with E-state index in [0.717, 1.165) is 11.5 Å². The normalized spacial score (nSPS) is 13.1. The Morgan fingerprint density at radius 2 is 0.729 bits per heavy atom. The van der Waals surface area contributed by atoms with Crippen LogP contribution in [0.4, 0.5) is 0 Å². The molecule has 0 radical (unpaired) electrons. The zero-order valence-corrected chi connectivity index (χ0v) is 38.6. The summed E-state index contributed by atoms with van der Waals surface area (Å²) in [7, 11) is -3.97. The van der Waals surface area contributed by atoms with Gasteiger partial charge < -0.3 is 8.85 Å². The molecule has 48 heavy (non-hydrogen) atoms. The maximum Gasteiger partial charge on any atom is 0.258 e. The van der Waals surface area contributed by atoms with E-state index >= 15 is 0 Å². The Morgan fingerprint density at radius 1 is 0.458 bits per heavy atom. The molecular formula is C40H52I2O2S2Si2. The van der Waals surface area contributed by atoms with E-state index in [1.807, 2.05) is 22.7 Å². The van der Waals surface area contributed by atoms with Crippen molar-refractivity contribution in [1.29, 1.82) is 0 Å². The zero-order valence-electron chi connectivity index (χ0n) is 30.6. The van der Waals surface area contributed by atoms with E-state index in [9.17, 15) is 0 Å². The fraction of sp³-hybridized carbons (Fsp3) is 0.450. The third-order valence-electron chi connectivity index (χ3n) is 10.6. The first-order valence-corrected chi connectivity index (χ1v) is 25.5. The highest BCUT2D eigenvalue weighted by molar-refractivity contribution is 14.1. The lowest BCUT2D eigenvalue weighted by atomic mass is 10.1. The van der Waals surface area contributed by atoms with Gasteiger partial charge in [-0.3, -0.25) is 0 Å². The molecule has 2 heterocycles. The Morgan fingerprint density at radius 3 is 0.979 bits per heavy atom. The molecule has 0 aliphatic rings. The van der Waals surface area contributed by atoms with E-state index < -0.39 is 16.6 Å². The molecule has 0 atom stereocenters. The van der Waals surface area contributed by atoms with E-state index in [-0.39, 0.29) is 0 Å². The lowest BCUT2D eigenvalue weighted by molar-refractivity contribution is 0.480. The van der Waals surface area contributed by atoms with Crippen molar-refractivity contribution >= 4 is 105 Å². The predicted octanol–water partition coefficient (Wildman–Crippen LogP) is 15.8. The largest absolute Gasteiger partial charge is 0.543 e. The topological polar surface area (TPSA) is 18.5 Å². The van der Waals surface area contributed by atoms with Crippen LogP contribution in [0.5, 0.6) is 11.5 Å². The van der Waals surface area contributed by atoms with E-state index in [1.165, 1.54) is 48.2 Å². The maximum absolute atomic E-state index is 6.96. The summed E-state index contributed by atoms with van der Waals surface area (Å²) in [6, 6.07) is 22.7. The van der Waals surface area contributed by atoms with Gasteiger partial charge in [0.15, 0.2) is 0 Å². The van der Waals surface area contributed by atoms with Crippen LogP contribution in [0.2, 0.25) is 33.2 Å². The number of fused-ring (bicyclic) bond motifs is 2. The van der Waals surface area contributed by atoms with Crippen LogP contribution in [0.15, 0.2) is 60.7 Å². The maximum atomic E-state index is 6.96. The molecule has 3 aromatic carbocycles. The van der Waals surface area contributed by atoms with Gasteiger partial charge in [-0.1, -0.05) is 83.1 Å². The standard InChI is InChI=1S/C40H52I2O2S2Si2/c1-23(2)47(24(3)4,25(5)6)43-31-17-13-29(14-18-31)39-37(41)33-21-36-34(22-35(33)45-39)38(42)40(46-36)30-15-19-32(20-16-30)44-48(26(7)8,27(9)10)28(11)12/h13-28H,1-12H3. The molecule has 0 saturated carbocycles. The highest BCUT2D eigenvalue weighted by Crippen LogP contribution is 2.48. The summed E-state index contributed by atoms with van der Waals surface area (Å²) < 4.78 is 19.3. The van der Waals surface area contributed by atoms with Crippen LogP contribution < -0.4 is 8.85 Å². The van der Waals surface area contributed by atoms with Gasteiger partial charge in [0.2, 0.25) is 0 Å². The Bertz CT molecular complexity index is 1690. The molecule has 0 amide bonds. The van der Waals surface area contributed by atoms with Crippen LogP contribution >= 0.6 is 67.9 Å². The lowest BCUT2D eigenvalue weighted by Gasteiger charge is -2.42. The van der Waals surface area contributed by atoms with Gasteiger partial charge in [-0.05, 0) is 150 Å². The van der Waals surface area contributed by atoms with Crippen molar-refractivity contribution in [2.45, 2.75) is 116 Å². The van der Waals surface area contributed by atoms with Crippen molar-refractivity contribution in [2.24, 2.45) is 0 Å². The summed E-state index contributed by atoms with van der Waals surface area (Å²) in [6.45, 7) is 28.2. The van der Waals surface area contributed by atoms with Gasteiger partial charge >= 0.3 is 0 Å². The molecule has 8 heteroatoms. The SMILES string of the molecule is CC(C)[Si](Oc1ccc(-c2sc3cc4c(I)c(-c5ccc(O[Si](C(C)C)(C(C)C)C(C)C)cc5)sc4cc3c2I)cc1)(C(C)C)C(C)C. The van der Waals surface area contributed by atoms with Gasteiger partial charge in [0.1, 0.15) is 11.5 Å². The molecule has 0 aliphatic carbocycles. The Balaban J connectivity index is 1.43. The van der Waals surface area contributed by atoms with Crippen LogP contribution in [0, 0.1) is 7.14 Å². The van der Waals surface area contributed by atoms with Crippen LogP contribution in [-0.2, 0) is 0 Å². The molecule has 0 aliphatic heterocycles. The number of hydrogen-bond acceptors (Lipinski definition) is 4. The minimum atomic E-state index is -1.99. The summed E-state index contributed by atoms with van der Waals surface area (Å²) in [5.41, 5.74) is 5.84. The second kappa shape index (κ2) is 15.0. The lowest BCUT2D eigenvalue weighted by Crippen LogP contribution is -2.50. The Hall–Kier alpha value is -0.926. The average molecular weight is 939 g/mol. The van der Waals surface area contributed by atoms with Gasteiger partial charge in [0.05, 0.1) is 0 Å². The molecule has 5 aromatic rings. The second-order valence-corrected chi connectivity index (χ2v) is 30.2. The van der Waals surface area contributed by atoms with Gasteiger partial charge in [0.25, 0.3) is 16.6 Å². The number of benzene rings is 3. The third kappa shape index (κ3) is 6.85. The summed E-state index contributed by atoms with van der Waals surface area (Å²) in [5.74, 6) is 2.03. The predicted molar refractivity (Wildman–Crippen MR) is 237 cm³/mol. The van der Waals surface area contributed by atoms with Crippen LogP contribution in [0.3, 0.4) is 0 Å².